The Morgan fingerprint density at radius 2 is 2.10 bits per heavy atom. The minimum absolute atomic E-state index is 0.459. The smallest absolute Gasteiger partial charge is 0.261 e. The van der Waals surface area contributed by atoms with Crippen LogP contribution in [0.1, 0.15) is 24.0 Å². The minimum Gasteiger partial charge on any atom is -0.369 e. The van der Waals surface area contributed by atoms with Crippen LogP contribution in [0, 0.1) is 0 Å². The summed E-state index contributed by atoms with van der Waals surface area (Å²) in [5, 5.41) is 5.39. The number of halogens is 2. The quantitative estimate of drug-likeness (QED) is 0.640. The summed E-state index contributed by atoms with van der Waals surface area (Å²) >= 11 is 0. The van der Waals surface area contributed by atoms with Crippen LogP contribution in [-0.4, -0.2) is 45.9 Å². The van der Waals surface area contributed by atoms with E-state index in [4.69, 9.17) is 4.74 Å². The third-order valence-corrected chi connectivity index (χ3v) is 5.20. The minimum atomic E-state index is -2.44. The fraction of sp³-hybridized carbons (Fsp3) is 0.350. The van der Waals surface area contributed by atoms with Crippen LogP contribution >= 0.6 is 0 Å². The average molecular weight is 398 g/mol. The summed E-state index contributed by atoms with van der Waals surface area (Å²) in [6, 6.07) is 9.90. The summed E-state index contributed by atoms with van der Waals surface area (Å²) in [7, 11) is 0. The molecule has 0 amide bonds. The van der Waals surface area contributed by atoms with Gasteiger partial charge in [0.15, 0.2) is 5.65 Å². The molecule has 29 heavy (non-hydrogen) atoms. The van der Waals surface area contributed by atoms with Crippen molar-refractivity contribution in [2.45, 2.75) is 31.3 Å². The molecular weight excluding hydrogens is 378 g/mol. The van der Waals surface area contributed by atoms with E-state index in [1.807, 2.05) is 30.3 Å². The van der Waals surface area contributed by atoms with Crippen molar-refractivity contribution < 1.29 is 13.5 Å². The van der Waals surface area contributed by atoms with Crippen LogP contribution in [0.25, 0.3) is 16.7 Å². The first-order chi connectivity index (χ1) is 14.1. The predicted octanol–water partition coefficient (Wildman–Crippen LogP) is 2.59. The monoisotopic (exact) mass is 398 g/mol. The van der Waals surface area contributed by atoms with Gasteiger partial charge in [-0.3, -0.25) is 0 Å². The maximum absolute atomic E-state index is 12.5. The van der Waals surface area contributed by atoms with E-state index < -0.39 is 18.6 Å². The number of ether oxygens (including phenoxy) is 1. The number of hydrazine groups is 1. The molecule has 1 saturated carbocycles. The standard InChI is InChI=1S/C20H20F2N6O/c21-17(22)11-29-20(4-5-20)8-13-6-15-10-26-28(19(15)23-9-13)16-3-1-2-14(7-16)18-24-12-25-27-18/h1-3,6-7,9-10,17,25H,4-5,8,11-12H2,(H,24,27). The molecule has 0 saturated heterocycles. The number of hydrogen-bond donors (Lipinski definition) is 2. The third kappa shape index (κ3) is 3.70. The lowest BCUT2D eigenvalue weighted by molar-refractivity contribution is -0.0369. The number of benzene rings is 1. The molecule has 2 aliphatic rings. The zero-order chi connectivity index (χ0) is 19.8. The Kier molecular flexibility index (Phi) is 4.48. The summed E-state index contributed by atoms with van der Waals surface area (Å²) in [5.41, 5.74) is 9.08. The average Bonchev–Trinajstić information content (AvgIpc) is 3.12. The van der Waals surface area contributed by atoms with E-state index in [2.05, 4.69) is 25.9 Å². The topological polar surface area (TPSA) is 76.4 Å². The molecule has 0 radical (unpaired) electrons. The largest absolute Gasteiger partial charge is 0.369 e. The van der Waals surface area contributed by atoms with Crippen LogP contribution in [0.5, 0.6) is 0 Å². The summed E-state index contributed by atoms with van der Waals surface area (Å²) in [4.78, 5) is 8.95. The molecule has 2 aromatic heterocycles. The molecule has 1 fully saturated rings. The van der Waals surface area contributed by atoms with Crippen molar-refractivity contribution in [2.75, 3.05) is 13.3 Å². The first-order valence-corrected chi connectivity index (χ1v) is 9.51. The van der Waals surface area contributed by atoms with E-state index in [9.17, 15) is 8.78 Å². The van der Waals surface area contributed by atoms with E-state index in [0.717, 1.165) is 46.5 Å². The van der Waals surface area contributed by atoms with Gasteiger partial charge in [-0.15, -0.1) is 0 Å². The fourth-order valence-electron chi connectivity index (χ4n) is 3.61. The van der Waals surface area contributed by atoms with E-state index in [1.165, 1.54) is 0 Å². The van der Waals surface area contributed by atoms with Gasteiger partial charge in [0, 0.05) is 23.6 Å². The van der Waals surface area contributed by atoms with Crippen molar-refractivity contribution >= 4 is 16.9 Å². The van der Waals surface area contributed by atoms with E-state index >= 15 is 0 Å². The first kappa shape index (κ1) is 18.1. The van der Waals surface area contributed by atoms with Crippen molar-refractivity contribution in [3.63, 3.8) is 0 Å². The predicted molar refractivity (Wildman–Crippen MR) is 104 cm³/mol. The van der Waals surface area contributed by atoms with Crippen LogP contribution in [0.15, 0.2) is 47.7 Å². The maximum atomic E-state index is 12.5. The molecule has 3 heterocycles. The molecule has 1 aliphatic heterocycles. The molecule has 2 N–H and O–H groups in total. The lowest BCUT2D eigenvalue weighted by atomic mass is 10.1. The van der Waals surface area contributed by atoms with Crippen molar-refractivity contribution in [1.29, 1.82) is 0 Å². The Bertz CT molecular complexity index is 1080. The van der Waals surface area contributed by atoms with Crippen molar-refractivity contribution in [2.24, 2.45) is 4.99 Å². The van der Waals surface area contributed by atoms with Crippen LogP contribution in [0.2, 0.25) is 0 Å². The Hall–Kier alpha value is -2.91. The van der Waals surface area contributed by atoms with Crippen molar-refractivity contribution in [3.8, 4) is 5.69 Å². The summed E-state index contributed by atoms with van der Waals surface area (Å²) in [6.45, 7) is 0.0245. The lowest BCUT2D eigenvalue weighted by Gasteiger charge is -2.16. The van der Waals surface area contributed by atoms with Crippen molar-refractivity contribution in [3.05, 3.63) is 53.9 Å². The molecule has 7 nitrogen and oxygen atoms in total. The van der Waals surface area contributed by atoms with Gasteiger partial charge in [-0.2, -0.15) is 5.10 Å². The molecular formula is C20H20F2N6O. The third-order valence-electron chi connectivity index (χ3n) is 5.20. The molecule has 1 aromatic carbocycles. The molecule has 3 aromatic rings. The van der Waals surface area contributed by atoms with Crippen LogP contribution < -0.4 is 10.9 Å². The zero-order valence-electron chi connectivity index (χ0n) is 15.6. The maximum Gasteiger partial charge on any atom is 0.261 e. The SMILES string of the molecule is FC(F)COC1(Cc2cnc3c(cnn3-c3cccc(C4=NCNN4)c3)c2)CC1. The molecule has 5 rings (SSSR count). The molecule has 0 atom stereocenters. The van der Waals surface area contributed by atoms with Gasteiger partial charge in [-0.25, -0.2) is 28.9 Å². The molecule has 0 spiro atoms. The van der Waals surface area contributed by atoms with Gasteiger partial charge in [-0.1, -0.05) is 12.1 Å². The number of fused-ring (bicyclic) bond motifs is 1. The highest BCUT2D eigenvalue weighted by atomic mass is 19.3. The number of nitrogens with one attached hydrogen (secondary N) is 2. The highest BCUT2D eigenvalue weighted by Gasteiger charge is 2.44. The molecule has 1 aliphatic carbocycles. The lowest BCUT2D eigenvalue weighted by Crippen LogP contribution is -2.30. The Morgan fingerprint density at radius 3 is 2.86 bits per heavy atom. The summed E-state index contributed by atoms with van der Waals surface area (Å²) < 4.78 is 32.2. The van der Waals surface area contributed by atoms with Gasteiger partial charge in [0.1, 0.15) is 19.1 Å². The number of pyridine rings is 1. The second kappa shape index (κ2) is 7.16. The van der Waals surface area contributed by atoms with Gasteiger partial charge >= 0.3 is 0 Å². The van der Waals surface area contributed by atoms with Gasteiger partial charge in [-0.05, 0) is 36.6 Å². The van der Waals surface area contributed by atoms with Crippen LogP contribution in [0.3, 0.4) is 0 Å². The zero-order valence-corrected chi connectivity index (χ0v) is 15.6. The number of nitrogens with zero attached hydrogens (tertiary/aromatic N) is 4. The number of rotatable bonds is 7. The highest BCUT2D eigenvalue weighted by molar-refractivity contribution is 5.99. The Labute approximate surface area is 165 Å². The number of alkyl halides is 2. The first-order valence-electron chi connectivity index (χ1n) is 9.51. The normalized spacial score (nSPS) is 17.6. The number of hydrogen-bond acceptors (Lipinski definition) is 6. The van der Waals surface area contributed by atoms with Gasteiger partial charge in [0.05, 0.1) is 17.5 Å². The number of aromatic nitrogens is 3. The van der Waals surface area contributed by atoms with Crippen LogP contribution in [0.4, 0.5) is 8.78 Å². The highest BCUT2D eigenvalue weighted by Crippen LogP contribution is 2.43. The molecule has 0 bridgehead atoms. The molecule has 150 valence electrons. The summed E-state index contributed by atoms with van der Waals surface area (Å²) in [6.07, 6.45) is 3.30. The van der Waals surface area contributed by atoms with Gasteiger partial charge in [0.2, 0.25) is 0 Å². The fourth-order valence-corrected chi connectivity index (χ4v) is 3.61. The molecule has 0 unspecified atom stereocenters. The molecule has 9 heteroatoms. The van der Waals surface area contributed by atoms with Crippen molar-refractivity contribution in [1.82, 2.24) is 25.6 Å². The van der Waals surface area contributed by atoms with Gasteiger partial charge < -0.3 is 10.2 Å². The van der Waals surface area contributed by atoms with E-state index in [1.54, 1.807) is 17.1 Å². The number of aliphatic imine (C=N–C) groups is 1. The second-order valence-corrected chi connectivity index (χ2v) is 7.39. The van der Waals surface area contributed by atoms with Gasteiger partial charge in [0.25, 0.3) is 6.43 Å². The van der Waals surface area contributed by atoms with E-state index in [0.29, 0.717) is 13.1 Å². The number of amidine groups is 1. The van der Waals surface area contributed by atoms with E-state index in [-0.39, 0.29) is 0 Å². The summed E-state index contributed by atoms with van der Waals surface area (Å²) in [5.74, 6) is 0.789. The Morgan fingerprint density at radius 1 is 1.21 bits per heavy atom. The van der Waals surface area contributed by atoms with Crippen LogP contribution in [-0.2, 0) is 11.2 Å². The second-order valence-electron chi connectivity index (χ2n) is 7.39. The Balaban J connectivity index is 1.39.